The van der Waals surface area contributed by atoms with Gasteiger partial charge in [0.2, 0.25) is 0 Å². The Morgan fingerprint density at radius 2 is 1.71 bits per heavy atom. The molecule has 0 aliphatic rings. The van der Waals surface area contributed by atoms with Crippen molar-refractivity contribution in [1.82, 2.24) is 9.97 Å². The molecule has 0 saturated heterocycles. The average molecular weight is 324 g/mol. The molecule has 0 aliphatic carbocycles. The summed E-state index contributed by atoms with van der Waals surface area (Å²) in [6, 6.07) is 5.50. The number of rotatable bonds is 6. The van der Waals surface area contributed by atoms with Gasteiger partial charge in [0.25, 0.3) is 0 Å². The number of aromatic nitrogens is 2. The van der Waals surface area contributed by atoms with Crippen LogP contribution in [0.2, 0.25) is 10.0 Å². The van der Waals surface area contributed by atoms with Crippen LogP contribution in [0.4, 0.5) is 5.82 Å². The molecule has 0 radical (unpaired) electrons. The molecule has 21 heavy (non-hydrogen) atoms. The lowest BCUT2D eigenvalue weighted by molar-refractivity contribution is 0.892. The molecule has 0 saturated carbocycles. The topological polar surface area (TPSA) is 37.8 Å². The van der Waals surface area contributed by atoms with E-state index in [0.29, 0.717) is 10.0 Å². The Hall–Kier alpha value is -1.32. The molecule has 0 spiro atoms. The maximum Gasteiger partial charge on any atom is 0.133 e. The SMILES string of the molecule is CCCNc1ncnc(-c2cc(Cl)cc(Cl)c2)c1CCC. The van der Waals surface area contributed by atoms with Gasteiger partial charge in [-0.05, 0) is 31.0 Å². The number of halogens is 2. The van der Waals surface area contributed by atoms with E-state index in [4.69, 9.17) is 23.2 Å². The third-order valence-electron chi connectivity index (χ3n) is 3.12. The van der Waals surface area contributed by atoms with E-state index in [1.807, 2.05) is 12.1 Å². The van der Waals surface area contributed by atoms with Crippen molar-refractivity contribution in [1.29, 1.82) is 0 Å². The van der Waals surface area contributed by atoms with Crippen molar-refractivity contribution in [3.8, 4) is 11.3 Å². The number of anilines is 1. The molecule has 0 bridgehead atoms. The third kappa shape index (κ3) is 4.08. The summed E-state index contributed by atoms with van der Waals surface area (Å²) in [6.07, 6.45) is 4.57. The molecule has 2 aromatic rings. The Bertz CT molecular complexity index is 594. The molecule has 1 aromatic heterocycles. The van der Waals surface area contributed by atoms with E-state index in [1.54, 1.807) is 12.4 Å². The quantitative estimate of drug-likeness (QED) is 0.791. The first-order chi connectivity index (χ1) is 10.2. The highest BCUT2D eigenvalue weighted by atomic mass is 35.5. The molecule has 0 atom stereocenters. The summed E-state index contributed by atoms with van der Waals surface area (Å²) in [5, 5.41) is 4.60. The summed E-state index contributed by atoms with van der Waals surface area (Å²) in [5.74, 6) is 0.903. The smallest absolute Gasteiger partial charge is 0.133 e. The maximum absolute atomic E-state index is 6.11. The fourth-order valence-electron chi connectivity index (χ4n) is 2.23. The van der Waals surface area contributed by atoms with Gasteiger partial charge in [-0.25, -0.2) is 9.97 Å². The molecule has 1 aromatic carbocycles. The van der Waals surface area contributed by atoms with Crippen molar-refractivity contribution in [2.75, 3.05) is 11.9 Å². The van der Waals surface area contributed by atoms with Crippen LogP contribution in [0.15, 0.2) is 24.5 Å². The highest BCUT2D eigenvalue weighted by Gasteiger charge is 2.13. The molecule has 0 unspecified atom stereocenters. The normalized spacial score (nSPS) is 10.7. The monoisotopic (exact) mass is 323 g/mol. The highest BCUT2D eigenvalue weighted by molar-refractivity contribution is 6.35. The van der Waals surface area contributed by atoms with Gasteiger partial charge in [0.15, 0.2) is 0 Å². The minimum absolute atomic E-state index is 0.613. The molecule has 5 heteroatoms. The molecule has 1 heterocycles. The van der Waals surface area contributed by atoms with Gasteiger partial charge in [-0.1, -0.05) is 43.5 Å². The minimum Gasteiger partial charge on any atom is -0.370 e. The summed E-state index contributed by atoms with van der Waals surface area (Å²) in [5.41, 5.74) is 2.94. The summed E-state index contributed by atoms with van der Waals surface area (Å²) < 4.78 is 0. The number of hydrogen-bond acceptors (Lipinski definition) is 3. The Balaban J connectivity index is 2.50. The minimum atomic E-state index is 0.613. The molecule has 1 N–H and O–H groups in total. The number of nitrogens with zero attached hydrogens (tertiary/aromatic N) is 2. The van der Waals surface area contributed by atoms with E-state index in [0.717, 1.165) is 48.4 Å². The van der Waals surface area contributed by atoms with Crippen molar-refractivity contribution in [3.05, 3.63) is 40.1 Å². The fourth-order valence-corrected chi connectivity index (χ4v) is 2.76. The third-order valence-corrected chi connectivity index (χ3v) is 3.56. The molecular formula is C16H19Cl2N3. The zero-order valence-corrected chi connectivity index (χ0v) is 13.8. The predicted molar refractivity (Wildman–Crippen MR) is 90.3 cm³/mol. The second kappa shape index (κ2) is 7.62. The first-order valence-electron chi connectivity index (χ1n) is 7.19. The summed E-state index contributed by atoms with van der Waals surface area (Å²) in [7, 11) is 0. The van der Waals surface area contributed by atoms with Crippen LogP contribution in [0.25, 0.3) is 11.3 Å². The van der Waals surface area contributed by atoms with Crippen molar-refractivity contribution in [2.24, 2.45) is 0 Å². The highest BCUT2D eigenvalue weighted by Crippen LogP contribution is 2.31. The van der Waals surface area contributed by atoms with Crippen molar-refractivity contribution >= 4 is 29.0 Å². The van der Waals surface area contributed by atoms with Crippen molar-refractivity contribution in [2.45, 2.75) is 33.1 Å². The Kier molecular flexibility index (Phi) is 5.83. The van der Waals surface area contributed by atoms with Crippen molar-refractivity contribution < 1.29 is 0 Å². The van der Waals surface area contributed by atoms with Crippen LogP contribution >= 0.6 is 23.2 Å². The van der Waals surface area contributed by atoms with Crippen LogP contribution in [-0.2, 0) is 6.42 Å². The average Bonchev–Trinajstić information content (AvgIpc) is 2.45. The number of hydrogen-bond donors (Lipinski definition) is 1. The van der Waals surface area contributed by atoms with E-state index < -0.39 is 0 Å². The Morgan fingerprint density at radius 3 is 2.33 bits per heavy atom. The van der Waals surface area contributed by atoms with E-state index in [9.17, 15) is 0 Å². The molecular weight excluding hydrogens is 305 g/mol. The summed E-state index contributed by atoms with van der Waals surface area (Å²) in [6.45, 7) is 5.17. The van der Waals surface area contributed by atoms with Gasteiger partial charge >= 0.3 is 0 Å². The molecule has 0 aliphatic heterocycles. The van der Waals surface area contributed by atoms with Gasteiger partial charge in [0.05, 0.1) is 5.69 Å². The first kappa shape index (κ1) is 16.1. The van der Waals surface area contributed by atoms with Crippen LogP contribution in [0.3, 0.4) is 0 Å². The van der Waals surface area contributed by atoms with Crippen LogP contribution in [0, 0.1) is 0 Å². The Morgan fingerprint density at radius 1 is 1.00 bits per heavy atom. The van der Waals surface area contributed by atoms with Gasteiger partial charge in [-0.3, -0.25) is 0 Å². The van der Waals surface area contributed by atoms with Gasteiger partial charge in [0, 0.05) is 27.7 Å². The maximum atomic E-state index is 6.11. The summed E-state index contributed by atoms with van der Waals surface area (Å²) in [4.78, 5) is 8.83. The van der Waals surface area contributed by atoms with Gasteiger partial charge in [-0.15, -0.1) is 0 Å². The van der Waals surface area contributed by atoms with Crippen LogP contribution in [0.1, 0.15) is 32.3 Å². The van der Waals surface area contributed by atoms with E-state index in [2.05, 4.69) is 29.1 Å². The zero-order valence-electron chi connectivity index (χ0n) is 12.3. The second-order valence-corrected chi connectivity index (χ2v) is 5.76. The van der Waals surface area contributed by atoms with Crippen LogP contribution < -0.4 is 5.32 Å². The largest absolute Gasteiger partial charge is 0.370 e. The molecule has 0 fully saturated rings. The first-order valence-corrected chi connectivity index (χ1v) is 7.95. The number of nitrogens with one attached hydrogen (secondary N) is 1. The van der Waals surface area contributed by atoms with Gasteiger partial charge in [0.1, 0.15) is 12.1 Å². The standard InChI is InChI=1S/C16H19Cl2N3/c1-3-5-14-15(11-7-12(17)9-13(18)8-11)20-10-21-16(14)19-6-4-2/h7-10H,3-6H2,1-2H3,(H,19,20,21). The van der Waals surface area contributed by atoms with E-state index in [1.165, 1.54) is 0 Å². The summed E-state index contributed by atoms with van der Waals surface area (Å²) >= 11 is 12.2. The van der Waals surface area contributed by atoms with Gasteiger partial charge < -0.3 is 5.32 Å². The van der Waals surface area contributed by atoms with Crippen LogP contribution in [0.5, 0.6) is 0 Å². The zero-order chi connectivity index (χ0) is 15.2. The van der Waals surface area contributed by atoms with E-state index in [-0.39, 0.29) is 0 Å². The lowest BCUT2D eigenvalue weighted by Gasteiger charge is -2.14. The van der Waals surface area contributed by atoms with Crippen molar-refractivity contribution in [3.63, 3.8) is 0 Å². The molecule has 3 nitrogen and oxygen atoms in total. The van der Waals surface area contributed by atoms with Gasteiger partial charge in [-0.2, -0.15) is 0 Å². The molecule has 0 amide bonds. The predicted octanol–water partition coefficient (Wildman–Crippen LogP) is 5.22. The lowest BCUT2D eigenvalue weighted by atomic mass is 10.0. The number of benzene rings is 1. The second-order valence-electron chi connectivity index (χ2n) is 4.88. The van der Waals surface area contributed by atoms with E-state index >= 15 is 0 Å². The fraction of sp³-hybridized carbons (Fsp3) is 0.375. The Labute approximate surface area is 135 Å². The lowest BCUT2D eigenvalue weighted by Crippen LogP contribution is -2.07. The van der Waals surface area contributed by atoms with Crippen LogP contribution in [-0.4, -0.2) is 16.5 Å². The molecule has 2 rings (SSSR count). The molecule has 112 valence electrons.